The Balaban J connectivity index is 2.34. The van der Waals surface area contributed by atoms with Crippen molar-refractivity contribution >= 4 is 28.6 Å². The number of H-pyrrole nitrogens is 1. The van der Waals surface area contributed by atoms with E-state index >= 15 is 0 Å². The molecule has 6 heteroatoms. The maximum absolute atomic E-state index is 11.8. The van der Waals surface area contributed by atoms with Crippen LogP contribution in [0.15, 0.2) is 29.3 Å². The van der Waals surface area contributed by atoms with Crippen LogP contribution >= 0.6 is 11.8 Å². The summed E-state index contributed by atoms with van der Waals surface area (Å²) in [6.45, 7) is 4.12. The van der Waals surface area contributed by atoms with E-state index in [0.717, 1.165) is 27.2 Å². The molecule has 0 bridgehead atoms. The zero-order valence-electron chi connectivity index (χ0n) is 12.2. The molecule has 2 aromatic rings. The monoisotopic (exact) mass is 308 g/mol. The predicted molar refractivity (Wildman–Crippen MR) is 83.7 cm³/mol. The van der Waals surface area contributed by atoms with E-state index in [-0.39, 0.29) is 0 Å². The van der Waals surface area contributed by atoms with Crippen LogP contribution in [0.3, 0.4) is 0 Å². The molecule has 1 atom stereocenters. The van der Waals surface area contributed by atoms with E-state index < -0.39 is 12.0 Å². The average molecular weight is 308 g/mol. The molecular formula is C15H20N2O3S. The second-order valence-corrected chi connectivity index (χ2v) is 5.82. The van der Waals surface area contributed by atoms with Crippen LogP contribution in [-0.4, -0.2) is 34.6 Å². The number of benzene rings is 1. The third-order valence-electron chi connectivity index (χ3n) is 3.20. The normalized spacial score (nSPS) is 12.5. The van der Waals surface area contributed by atoms with Gasteiger partial charge in [-0.25, -0.2) is 0 Å². The van der Waals surface area contributed by atoms with Crippen LogP contribution in [0.4, 0.5) is 0 Å². The average Bonchev–Trinajstić information content (AvgIpc) is 2.83. The number of carbonyl (C=O) groups is 1. The van der Waals surface area contributed by atoms with Crippen molar-refractivity contribution in [1.29, 1.82) is 0 Å². The van der Waals surface area contributed by atoms with Gasteiger partial charge in [0.1, 0.15) is 6.04 Å². The molecule has 0 spiro atoms. The molecule has 0 saturated carbocycles. The summed E-state index contributed by atoms with van der Waals surface area (Å²) in [4.78, 5) is 15.2. The van der Waals surface area contributed by atoms with Crippen molar-refractivity contribution in [2.75, 3.05) is 12.4 Å². The van der Waals surface area contributed by atoms with Crippen molar-refractivity contribution in [3.63, 3.8) is 0 Å². The lowest BCUT2D eigenvalue weighted by molar-refractivity contribution is -0.148. The minimum absolute atomic E-state index is 0.293. The molecule has 0 aliphatic rings. The first kappa shape index (κ1) is 15.9. The van der Waals surface area contributed by atoms with Crippen molar-refractivity contribution in [1.82, 2.24) is 10.5 Å². The Morgan fingerprint density at radius 2 is 2.19 bits per heavy atom. The molecule has 0 saturated heterocycles. The van der Waals surface area contributed by atoms with Gasteiger partial charge in [0.15, 0.2) is 0 Å². The van der Waals surface area contributed by atoms with Crippen LogP contribution in [-0.2, 0) is 16.0 Å². The molecule has 0 amide bonds. The fourth-order valence-corrected chi connectivity index (χ4v) is 3.11. The Labute approximate surface area is 128 Å². The predicted octanol–water partition coefficient (Wildman–Crippen LogP) is 2.73. The Hall–Kier alpha value is -1.50. The van der Waals surface area contributed by atoms with Crippen molar-refractivity contribution in [2.45, 2.75) is 31.3 Å². The van der Waals surface area contributed by atoms with Gasteiger partial charge in [-0.1, -0.05) is 25.1 Å². The first-order valence-electron chi connectivity index (χ1n) is 6.99. The summed E-state index contributed by atoms with van der Waals surface area (Å²) in [6.07, 6.45) is 0.377. The molecule has 0 fully saturated rings. The number of hydrogen-bond acceptors (Lipinski definition) is 5. The number of ether oxygens (including phenoxy) is 1. The molecule has 2 rings (SSSR count). The van der Waals surface area contributed by atoms with Crippen LogP contribution in [0, 0.1) is 0 Å². The van der Waals surface area contributed by atoms with Gasteiger partial charge >= 0.3 is 5.97 Å². The maximum Gasteiger partial charge on any atom is 0.325 e. The second kappa shape index (κ2) is 7.49. The molecule has 1 aromatic carbocycles. The van der Waals surface area contributed by atoms with Crippen LogP contribution in [0.25, 0.3) is 10.9 Å². The molecule has 0 aliphatic heterocycles. The zero-order valence-corrected chi connectivity index (χ0v) is 13.0. The van der Waals surface area contributed by atoms with Crippen LogP contribution in [0.5, 0.6) is 0 Å². The van der Waals surface area contributed by atoms with Crippen molar-refractivity contribution < 1.29 is 14.7 Å². The van der Waals surface area contributed by atoms with Crippen LogP contribution < -0.4 is 5.48 Å². The van der Waals surface area contributed by atoms with Gasteiger partial charge in [-0.2, -0.15) is 5.48 Å². The molecule has 5 nitrogen and oxygen atoms in total. The van der Waals surface area contributed by atoms with Crippen molar-refractivity contribution in [3.05, 3.63) is 29.8 Å². The third-order valence-corrected chi connectivity index (χ3v) is 4.12. The summed E-state index contributed by atoms with van der Waals surface area (Å²) < 4.78 is 4.98. The van der Waals surface area contributed by atoms with Crippen LogP contribution in [0.1, 0.15) is 19.4 Å². The SMILES string of the molecule is CCOC(=O)C(Cc1c(SCC)[nH]c2ccccc12)NO. The largest absolute Gasteiger partial charge is 0.465 e. The maximum atomic E-state index is 11.8. The van der Waals surface area contributed by atoms with E-state index in [2.05, 4.69) is 17.4 Å². The number of thioether (sulfide) groups is 1. The highest BCUT2D eigenvalue weighted by Crippen LogP contribution is 2.30. The number of para-hydroxylation sites is 1. The Morgan fingerprint density at radius 3 is 2.86 bits per heavy atom. The Bertz CT molecular complexity index is 612. The molecule has 114 valence electrons. The van der Waals surface area contributed by atoms with Gasteiger partial charge in [-0.15, -0.1) is 11.8 Å². The van der Waals surface area contributed by atoms with Gasteiger partial charge in [-0.05, 0) is 24.3 Å². The van der Waals surface area contributed by atoms with Gasteiger partial charge in [-0.3, -0.25) is 4.79 Å². The van der Waals surface area contributed by atoms with E-state index in [1.165, 1.54) is 0 Å². The van der Waals surface area contributed by atoms with E-state index in [1.807, 2.05) is 24.3 Å². The molecule has 0 radical (unpaired) electrons. The van der Waals surface area contributed by atoms with Gasteiger partial charge < -0.3 is 14.9 Å². The summed E-state index contributed by atoms with van der Waals surface area (Å²) in [5, 5.41) is 11.3. The van der Waals surface area contributed by atoms with E-state index in [0.29, 0.717) is 13.0 Å². The lowest BCUT2D eigenvalue weighted by Gasteiger charge is -2.14. The van der Waals surface area contributed by atoms with Gasteiger partial charge in [0.05, 0.1) is 11.6 Å². The first-order chi connectivity index (χ1) is 10.2. The summed E-state index contributed by atoms with van der Waals surface area (Å²) in [7, 11) is 0. The minimum Gasteiger partial charge on any atom is -0.465 e. The van der Waals surface area contributed by atoms with E-state index in [1.54, 1.807) is 18.7 Å². The second-order valence-electron chi connectivity index (χ2n) is 4.55. The summed E-state index contributed by atoms with van der Waals surface area (Å²) in [5.41, 5.74) is 4.12. The fourth-order valence-electron chi connectivity index (χ4n) is 2.27. The molecule has 1 heterocycles. The van der Waals surface area contributed by atoms with Gasteiger partial charge in [0.25, 0.3) is 0 Å². The molecule has 21 heavy (non-hydrogen) atoms. The highest BCUT2D eigenvalue weighted by Gasteiger charge is 2.23. The summed E-state index contributed by atoms with van der Waals surface area (Å²) >= 11 is 1.69. The number of fused-ring (bicyclic) bond motifs is 1. The molecule has 1 aromatic heterocycles. The number of hydroxylamine groups is 1. The number of nitrogens with one attached hydrogen (secondary N) is 2. The number of rotatable bonds is 7. The molecule has 1 unspecified atom stereocenters. The van der Waals surface area contributed by atoms with Gasteiger partial charge in [0.2, 0.25) is 0 Å². The summed E-state index contributed by atoms with van der Waals surface area (Å²) in [5.74, 6) is 0.480. The smallest absolute Gasteiger partial charge is 0.325 e. The minimum atomic E-state index is -0.764. The van der Waals surface area contributed by atoms with E-state index in [4.69, 9.17) is 4.74 Å². The topological polar surface area (TPSA) is 74.4 Å². The first-order valence-corrected chi connectivity index (χ1v) is 7.98. The number of aromatic amines is 1. The standard InChI is InChI=1S/C15H20N2O3S/c1-3-20-15(18)13(17-19)9-11-10-7-5-6-8-12(10)16-14(11)21-4-2/h5-8,13,16-17,19H,3-4,9H2,1-2H3. The number of carbonyl (C=O) groups excluding carboxylic acids is 1. The highest BCUT2D eigenvalue weighted by molar-refractivity contribution is 7.99. The molecular weight excluding hydrogens is 288 g/mol. The number of esters is 1. The highest BCUT2D eigenvalue weighted by atomic mass is 32.2. The summed E-state index contributed by atoms with van der Waals surface area (Å²) in [6, 6.07) is 7.19. The number of aromatic nitrogens is 1. The zero-order chi connectivity index (χ0) is 15.2. The van der Waals surface area contributed by atoms with Gasteiger partial charge in [0, 0.05) is 17.3 Å². The molecule has 0 aliphatic carbocycles. The lowest BCUT2D eigenvalue weighted by Crippen LogP contribution is -2.38. The Morgan fingerprint density at radius 1 is 1.43 bits per heavy atom. The van der Waals surface area contributed by atoms with E-state index in [9.17, 15) is 10.0 Å². The van der Waals surface area contributed by atoms with Crippen LogP contribution in [0.2, 0.25) is 0 Å². The lowest BCUT2D eigenvalue weighted by atomic mass is 10.1. The quantitative estimate of drug-likeness (QED) is 0.417. The third kappa shape index (κ3) is 3.58. The van der Waals surface area contributed by atoms with Crippen molar-refractivity contribution in [3.8, 4) is 0 Å². The molecule has 3 N–H and O–H groups in total. The number of hydrogen-bond donors (Lipinski definition) is 3. The Kier molecular flexibility index (Phi) is 5.67. The fraction of sp³-hybridized carbons (Fsp3) is 0.400. The van der Waals surface area contributed by atoms with Crippen molar-refractivity contribution in [2.24, 2.45) is 0 Å².